The molecule has 160 valence electrons. The zero-order valence-corrected chi connectivity index (χ0v) is 17.5. The van der Waals surface area contributed by atoms with Crippen LogP contribution in [0.15, 0.2) is 58.7 Å². The monoisotopic (exact) mass is 488 g/mol. The molecular formula is C19H10Cl2F4N4OS. The summed E-state index contributed by atoms with van der Waals surface area (Å²) in [6.45, 7) is 0. The van der Waals surface area contributed by atoms with Gasteiger partial charge in [-0.1, -0.05) is 41.0 Å². The molecule has 0 amide bonds. The Kier molecular flexibility index (Phi) is 5.71. The summed E-state index contributed by atoms with van der Waals surface area (Å²) in [6, 6.07) is 7.77. The molecule has 12 heteroatoms. The predicted molar refractivity (Wildman–Crippen MR) is 110 cm³/mol. The zero-order valence-electron chi connectivity index (χ0n) is 15.2. The quantitative estimate of drug-likeness (QED) is 0.275. The molecule has 0 atom stereocenters. The first-order valence-corrected chi connectivity index (χ1v) is 10.3. The van der Waals surface area contributed by atoms with Crippen molar-refractivity contribution in [2.45, 2.75) is 17.1 Å². The standard InChI is InChI=1S/C19H10Cl2F4N4OS/c20-11-6-10(7-12(21)8-11)9-31-18-27-26-16-17(30)28(4-5-29(16)18)14-3-1-2-13(15(14)22)19(23,24)25/h1-8H,9H2. The first-order valence-electron chi connectivity index (χ1n) is 8.55. The molecule has 4 aromatic rings. The van der Waals surface area contributed by atoms with Crippen molar-refractivity contribution >= 4 is 40.6 Å². The Hall–Kier alpha value is -2.56. The summed E-state index contributed by atoms with van der Waals surface area (Å²) in [5, 5.41) is 9.07. The second-order valence-corrected chi connectivity index (χ2v) is 8.17. The molecule has 0 N–H and O–H groups in total. The van der Waals surface area contributed by atoms with Gasteiger partial charge in [0.15, 0.2) is 11.0 Å². The highest BCUT2D eigenvalue weighted by atomic mass is 35.5. The third-order valence-corrected chi connectivity index (χ3v) is 5.72. The van der Waals surface area contributed by atoms with E-state index in [-0.39, 0.29) is 5.65 Å². The maximum atomic E-state index is 14.5. The van der Waals surface area contributed by atoms with Crippen LogP contribution in [0.2, 0.25) is 10.0 Å². The van der Waals surface area contributed by atoms with Crippen LogP contribution in [0.25, 0.3) is 11.3 Å². The smallest absolute Gasteiger partial charge is 0.277 e. The van der Waals surface area contributed by atoms with Gasteiger partial charge in [-0.15, -0.1) is 10.2 Å². The lowest BCUT2D eigenvalue weighted by molar-refractivity contribution is -0.140. The molecule has 2 heterocycles. The van der Waals surface area contributed by atoms with E-state index in [1.807, 2.05) is 0 Å². The SMILES string of the molecule is O=c1c2nnc(SCc3cc(Cl)cc(Cl)c3)n2ccn1-c1cccc(C(F)(F)F)c1F. The summed E-state index contributed by atoms with van der Waals surface area (Å²) in [6.07, 6.45) is -2.35. The van der Waals surface area contributed by atoms with E-state index in [1.165, 1.54) is 22.4 Å². The van der Waals surface area contributed by atoms with Crippen molar-refractivity contribution in [3.63, 3.8) is 0 Å². The second kappa shape index (κ2) is 8.18. The van der Waals surface area contributed by atoms with Crippen molar-refractivity contribution in [2.24, 2.45) is 0 Å². The molecule has 0 unspecified atom stereocenters. The summed E-state index contributed by atoms with van der Waals surface area (Å²) in [5.41, 5.74) is -2.15. The fraction of sp³-hybridized carbons (Fsp3) is 0.105. The number of rotatable bonds is 4. The molecule has 31 heavy (non-hydrogen) atoms. The molecule has 2 aromatic heterocycles. The minimum absolute atomic E-state index is 0.161. The van der Waals surface area contributed by atoms with Crippen molar-refractivity contribution in [2.75, 3.05) is 0 Å². The predicted octanol–water partition coefficient (Wildman–Crippen LogP) is 5.64. The Morgan fingerprint density at radius 1 is 1.03 bits per heavy atom. The number of alkyl halides is 3. The molecular weight excluding hydrogens is 479 g/mol. The van der Waals surface area contributed by atoms with E-state index in [4.69, 9.17) is 23.2 Å². The highest BCUT2D eigenvalue weighted by Crippen LogP contribution is 2.33. The van der Waals surface area contributed by atoms with Gasteiger partial charge in [0, 0.05) is 28.2 Å². The lowest BCUT2D eigenvalue weighted by Gasteiger charge is -2.12. The van der Waals surface area contributed by atoms with Gasteiger partial charge in [0.1, 0.15) is 0 Å². The van der Waals surface area contributed by atoms with Crippen molar-refractivity contribution in [1.82, 2.24) is 19.2 Å². The largest absolute Gasteiger partial charge is 0.419 e. The van der Waals surface area contributed by atoms with Crippen molar-refractivity contribution in [1.29, 1.82) is 0 Å². The molecule has 0 radical (unpaired) electrons. The van der Waals surface area contributed by atoms with Crippen molar-refractivity contribution < 1.29 is 17.6 Å². The van der Waals surface area contributed by atoms with E-state index < -0.39 is 28.8 Å². The molecule has 0 saturated heterocycles. The van der Waals surface area contributed by atoms with Crippen LogP contribution in [-0.4, -0.2) is 19.2 Å². The third kappa shape index (κ3) is 4.28. The lowest BCUT2D eigenvalue weighted by Crippen LogP contribution is -2.22. The van der Waals surface area contributed by atoms with Crippen LogP contribution in [0.3, 0.4) is 0 Å². The molecule has 0 spiro atoms. The first-order chi connectivity index (χ1) is 14.6. The normalized spacial score (nSPS) is 11.9. The number of hydrogen-bond donors (Lipinski definition) is 0. The lowest BCUT2D eigenvalue weighted by atomic mass is 10.1. The molecule has 0 bridgehead atoms. The highest BCUT2D eigenvalue weighted by Gasteiger charge is 2.35. The van der Waals surface area contributed by atoms with E-state index in [0.29, 0.717) is 27.0 Å². The Bertz CT molecular complexity index is 1330. The summed E-state index contributed by atoms with van der Waals surface area (Å²) < 4.78 is 55.6. The van der Waals surface area contributed by atoms with Gasteiger partial charge in [0.05, 0.1) is 11.3 Å². The summed E-state index contributed by atoms with van der Waals surface area (Å²) >= 11 is 13.2. The number of halogens is 6. The minimum Gasteiger partial charge on any atom is -0.277 e. The molecule has 2 aromatic carbocycles. The fourth-order valence-electron chi connectivity index (χ4n) is 2.92. The number of hydrogen-bond acceptors (Lipinski definition) is 4. The Balaban J connectivity index is 1.70. The zero-order chi connectivity index (χ0) is 22.3. The van der Waals surface area contributed by atoms with Gasteiger partial charge in [0.25, 0.3) is 0 Å². The van der Waals surface area contributed by atoms with E-state index in [0.717, 1.165) is 28.5 Å². The van der Waals surface area contributed by atoms with Gasteiger partial charge in [-0.05, 0) is 35.9 Å². The van der Waals surface area contributed by atoms with Gasteiger partial charge in [-0.2, -0.15) is 13.2 Å². The van der Waals surface area contributed by atoms with E-state index in [2.05, 4.69) is 10.2 Å². The van der Waals surface area contributed by atoms with Crippen LogP contribution in [0.4, 0.5) is 17.6 Å². The van der Waals surface area contributed by atoms with Crippen molar-refractivity contribution in [3.8, 4) is 5.69 Å². The topological polar surface area (TPSA) is 52.2 Å². The average molecular weight is 489 g/mol. The van der Waals surface area contributed by atoms with Crippen LogP contribution in [0.5, 0.6) is 0 Å². The average Bonchev–Trinajstić information content (AvgIpc) is 3.09. The van der Waals surface area contributed by atoms with Gasteiger partial charge in [-0.3, -0.25) is 13.8 Å². The maximum absolute atomic E-state index is 14.5. The van der Waals surface area contributed by atoms with E-state index >= 15 is 0 Å². The molecule has 4 rings (SSSR count). The Morgan fingerprint density at radius 2 is 1.74 bits per heavy atom. The van der Waals surface area contributed by atoms with Crippen LogP contribution < -0.4 is 5.56 Å². The first kappa shape index (κ1) is 21.7. The highest BCUT2D eigenvalue weighted by molar-refractivity contribution is 7.98. The fourth-order valence-corrected chi connectivity index (χ4v) is 4.34. The molecule has 0 fully saturated rings. The van der Waals surface area contributed by atoms with Crippen LogP contribution in [0, 0.1) is 5.82 Å². The molecule has 0 aliphatic heterocycles. The molecule has 0 aliphatic rings. The Labute approximate surface area is 186 Å². The Morgan fingerprint density at radius 3 is 2.42 bits per heavy atom. The van der Waals surface area contributed by atoms with Crippen LogP contribution >= 0.6 is 35.0 Å². The van der Waals surface area contributed by atoms with Crippen LogP contribution in [-0.2, 0) is 11.9 Å². The van der Waals surface area contributed by atoms with Gasteiger partial charge in [-0.25, -0.2) is 4.39 Å². The van der Waals surface area contributed by atoms with Gasteiger partial charge >= 0.3 is 11.7 Å². The minimum atomic E-state index is -4.89. The number of fused-ring (bicyclic) bond motifs is 1. The summed E-state index contributed by atoms with van der Waals surface area (Å²) in [5.74, 6) is -1.12. The van der Waals surface area contributed by atoms with E-state index in [1.54, 1.807) is 18.2 Å². The third-order valence-electron chi connectivity index (χ3n) is 4.27. The molecule has 0 saturated carbocycles. The van der Waals surface area contributed by atoms with Crippen LogP contribution in [0.1, 0.15) is 11.1 Å². The van der Waals surface area contributed by atoms with Crippen molar-refractivity contribution in [3.05, 3.63) is 86.1 Å². The number of aromatic nitrogens is 4. The number of thioether (sulfide) groups is 1. The number of benzene rings is 2. The number of nitrogens with zero attached hydrogens (tertiary/aromatic N) is 4. The second-order valence-electron chi connectivity index (χ2n) is 6.35. The summed E-state index contributed by atoms with van der Waals surface area (Å²) in [4.78, 5) is 12.8. The molecule has 0 aliphatic carbocycles. The maximum Gasteiger partial charge on any atom is 0.419 e. The molecule has 5 nitrogen and oxygen atoms in total. The van der Waals surface area contributed by atoms with Gasteiger partial charge in [0.2, 0.25) is 5.65 Å². The van der Waals surface area contributed by atoms with E-state index in [9.17, 15) is 22.4 Å². The van der Waals surface area contributed by atoms with Gasteiger partial charge < -0.3 is 0 Å². The summed E-state index contributed by atoms with van der Waals surface area (Å²) in [7, 11) is 0.